The van der Waals surface area contributed by atoms with Crippen LogP contribution in [-0.4, -0.2) is 23.9 Å². The average Bonchev–Trinajstić information content (AvgIpc) is 2.21. The van der Waals surface area contributed by atoms with Crippen LogP contribution in [0.1, 0.15) is 17.2 Å². The van der Waals surface area contributed by atoms with Crippen molar-refractivity contribution in [3.8, 4) is 11.5 Å². The lowest BCUT2D eigenvalue weighted by Crippen LogP contribution is -2.17. The topological polar surface area (TPSA) is 75.7 Å². The Balaban J connectivity index is 3.43. The molecule has 4 nitrogen and oxygen atoms in total. The van der Waals surface area contributed by atoms with Crippen molar-refractivity contribution in [2.45, 2.75) is 13.0 Å². The van der Waals surface area contributed by atoms with Gasteiger partial charge in [0.15, 0.2) is 11.5 Å². The Morgan fingerprint density at radius 3 is 2.67 bits per heavy atom. The van der Waals surface area contributed by atoms with Gasteiger partial charge in [-0.25, -0.2) is 0 Å². The summed E-state index contributed by atoms with van der Waals surface area (Å²) in [5, 5.41) is 19.0. The SMILES string of the molecule is COc1c(O)cc(Cl)c(C)c1C(N)CO. The molecular formula is C10H14ClNO3. The first kappa shape index (κ1) is 12.1. The zero-order chi connectivity index (χ0) is 11.6. The summed E-state index contributed by atoms with van der Waals surface area (Å²) in [4.78, 5) is 0. The monoisotopic (exact) mass is 231 g/mol. The second-order valence-corrected chi connectivity index (χ2v) is 3.65. The molecule has 0 saturated heterocycles. The number of halogens is 1. The summed E-state index contributed by atoms with van der Waals surface area (Å²) in [7, 11) is 1.43. The van der Waals surface area contributed by atoms with E-state index in [-0.39, 0.29) is 18.1 Å². The standard InChI is InChI=1S/C10H14ClNO3/c1-5-6(11)3-8(14)10(15-2)9(5)7(12)4-13/h3,7,13-14H,4,12H2,1-2H3. The van der Waals surface area contributed by atoms with Crippen LogP contribution in [0.25, 0.3) is 0 Å². The van der Waals surface area contributed by atoms with E-state index in [0.717, 1.165) is 0 Å². The number of aliphatic hydroxyl groups excluding tert-OH is 1. The minimum Gasteiger partial charge on any atom is -0.504 e. The lowest BCUT2D eigenvalue weighted by atomic mass is 10.0. The molecule has 0 spiro atoms. The average molecular weight is 232 g/mol. The maximum Gasteiger partial charge on any atom is 0.165 e. The third-order valence-electron chi connectivity index (χ3n) is 2.27. The first-order valence-corrected chi connectivity index (χ1v) is 4.83. The second kappa shape index (κ2) is 4.70. The molecule has 0 aliphatic carbocycles. The Morgan fingerprint density at radius 2 is 2.20 bits per heavy atom. The molecule has 1 rings (SSSR count). The molecule has 0 heterocycles. The van der Waals surface area contributed by atoms with Crippen LogP contribution in [-0.2, 0) is 0 Å². The summed E-state index contributed by atoms with van der Waals surface area (Å²) in [6.45, 7) is 1.52. The third-order valence-corrected chi connectivity index (χ3v) is 2.67. The number of hydrogen-bond acceptors (Lipinski definition) is 4. The van der Waals surface area contributed by atoms with E-state index >= 15 is 0 Å². The lowest BCUT2D eigenvalue weighted by Gasteiger charge is -2.18. The van der Waals surface area contributed by atoms with Crippen LogP contribution in [0.3, 0.4) is 0 Å². The maximum absolute atomic E-state index is 9.59. The number of methoxy groups -OCH3 is 1. The molecule has 0 bridgehead atoms. The van der Waals surface area contributed by atoms with Gasteiger partial charge in [0.2, 0.25) is 0 Å². The van der Waals surface area contributed by atoms with Gasteiger partial charge in [-0.05, 0) is 12.5 Å². The van der Waals surface area contributed by atoms with Gasteiger partial charge in [0.05, 0.1) is 19.8 Å². The molecule has 0 amide bonds. The fourth-order valence-electron chi connectivity index (χ4n) is 1.48. The van der Waals surface area contributed by atoms with Gasteiger partial charge in [-0.1, -0.05) is 11.6 Å². The van der Waals surface area contributed by atoms with Crippen molar-refractivity contribution in [3.63, 3.8) is 0 Å². The van der Waals surface area contributed by atoms with Crippen molar-refractivity contribution in [2.75, 3.05) is 13.7 Å². The first-order chi connectivity index (χ1) is 7.02. The molecule has 0 aromatic heterocycles. The number of rotatable bonds is 3. The smallest absolute Gasteiger partial charge is 0.165 e. The minimum absolute atomic E-state index is 0.0769. The molecule has 0 aliphatic rings. The molecule has 1 aromatic carbocycles. The van der Waals surface area contributed by atoms with Gasteiger partial charge in [0.1, 0.15) is 0 Å². The van der Waals surface area contributed by atoms with Crippen molar-refractivity contribution < 1.29 is 14.9 Å². The number of benzene rings is 1. The third kappa shape index (κ3) is 2.17. The van der Waals surface area contributed by atoms with E-state index in [9.17, 15) is 5.11 Å². The van der Waals surface area contributed by atoms with E-state index in [0.29, 0.717) is 16.1 Å². The molecule has 0 radical (unpaired) electrons. The van der Waals surface area contributed by atoms with E-state index in [4.69, 9.17) is 27.2 Å². The number of ether oxygens (including phenoxy) is 1. The number of nitrogens with two attached hydrogens (primary N) is 1. The predicted molar refractivity (Wildman–Crippen MR) is 58.4 cm³/mol. The zero-order valence-corrected chi connectivity index (χ0v) is 9.38. The van der Waals surface area contributed by atoms with E-state index < -0.39 is 6.04 Å². The molecular weight excluding hydrogens is 218 g/mol. The summed E-state index contributed by atoms with van der Waals surface area (Å²) >= 11 is 5.90. The van der Waals surface area contributed by atoms with Gasteiger partial charge in [0.25, 0.3) is 0 Å². The van der Waals surface area contributed by atoms with Gasteiger partial charge >= 0.3 is 0 Å². The molecule has 84 valence electrons. The highest BCUT2D eigenvalue weighted by Crippen LogP contribution is 2.39. The van der Waals surface area contributed by atoms with Crippen LogP contribution < -0.4 is 10.5 Å². The van der Waals surface area contributed by atoms with Crippen LogP contribution in [0.4, 0.5) is 0 Å². The molecule has 0 saturated carbocycles. The fourth-order valence-corrected chi connectivity index (χ4v) is 1.69. The Hall–Kier alpha value is -0.970. The summed E-state index contributed by atoms with van der Waals surface area (Å²) < 4.78 is 5.04. The highest BCUT2D eigenvalue weighted by atomic mass is 35.5. The van der Waals surface area contributed by atoms with Crippen molar-refractivity contribution in [1.29, 1.82) is 0 Å². The predicted octanol–water partition coefficient (Wildman–Crippen LogP) is 1.35. The minimum atomic E-state index is -0.621. The molecule has 1 atom stereocenters. The van der Waals surface area contributed by atoms with Crippen LogP contribution in [0.5, 0.6) is 11.5 Å². The van der Waals surface area contributed by atoms with Gasteiger partial charge in [0, 0.05) is 16.7 Å². The number of phenols is 1. The van der Waals surface area contributed by atoms with Crippen LogP contribution in [0, 0.1) is 6.92 Å². The Bertz CT molecular complexity index is 368. The molecule has 0 fully saturated rings. The Labute approximate surface area is 93.2 Å². The number of aromatic hydroxyl groups is 1. The van der Waals surface area contributed by atoms with Gasteiger partial charge < -0.3 is 20.7 Å². The van der Waals surface area contributed by atoms with E-state index in [2.05, 4.69) is 0 Å². The van der Waals surface area contributed by atoms with Crippen molar-refractivity contribution >= 4 is 11.6 Å². The van der Waals surface area contributed by atoms with Crippen molar-refractivity contribution in [2.24, 2.45) is 5.73 Å². The molecule has 15 heavy (non-hydrogen) atoms. The summed E-state index contributed by atoms with van der Waals surface area (Å²) in [6.07, 6.45) is 0. The van der Waals surface area contributed by atoms with Crippen molar-refractivity contribution in [3.05, 3.63) is 22.2 Å². The highest BCUT2D eigenvalue weighted by molar-refractivity contribution is 6.31. The summed E-state index contributed by atoms with van der Waals surface area (Å²) in [5.41, 5.74) is 6.94. The molecule has 1 unspecified atom stereocenters. The zero-order valence-electron chi connectivity index (χ0n) is 8.62. The van der Waals surface area contributed by atoms with Gasteiger partial charge in [-0.3, -0.25) is 0 Å². The number of phenolic OH excluding ortho intramolecular Hbond substituents is 1. The van der Waals surface area contributed by atoms with Crippen LogP contribution in [0.2, 0.25) is 5.02 Å². The largest absolute Gasteiger partial charge is 0.504 e. The van der Waals surface area contributed by atoms with Crippen LogP contribution >= 0.6 is 11.6 Å². The normalized spacial score (nSPS) is 12.6. The van der Waals surface area contributed by atoms with E-state index in [1.54, 1.807) is 6.92 Å². The van der Waals surface area contributed by atoms with E-state index in [1.807, 2.05) is 0 Å². The Kier molecular flexibility index (Phi) is 3.79. The number of hydrogen-bond donors (Lipinski definition) is 3. The van der Waals surface area contributed by atoms with E-state index in [1.165, 1.54) is 13.2 Å². The number of aliphatic hydroxyl groups is 1. The fraction of sp³-hybridized carbons (Fsp3) is 0.400. The molecule has 4 N–H and O–H groups in total. The highest BCUT2D eigenvalue weighted by Gasteiger charge is 2.19. The second-order valence-electron chi connectivity index (χ2n) is 3.24. The molecule has 1 aromatic rings. The molecule has 5 heteroatoms. The summed E-state index contributed by atoms with van der Waals surface area (Å²) in [6, 6.07) is 0.771. The summed E-state index contributed by atoms with van der Waals surface area (Å²) in [5.74, 6) is 0.186. The maximum atomic E-state index is 9.59. The van der Waals surface area contributed by atoms with Crippen molar-refractivity contribution in [1.82, 2.24) is 0 Å². The molecule has 0 aliphatic heterocycles. The van der Waals surface area contributed by atoms with Gasteiger partial charge in [-0.15, -0.1) is 0 Å². The lowest BCUT2D eigenvalue weighted by molar-refractivity contribution is 0.263. The first-order valence-electron chi connectivity index (χ1n) is 4.45. The Morgan fingerprint density at radius 1 is 1.60 bits per heavy atom. The van der Waals surface area contributed by atoms with Gasteiger partial charge in [-0.2, -0.15) is 0 Å². The quantitative estimate of drug-likeness (QED) is 0.734. The van der Waals surface area contributed by atoms with Crippen LogP contribution in [0.15, 0.2) is 6.07 Å².